The number of hydrogen-bond acceptors (Lipinski definition) is 4. The lowest BCUT2D eigenvalue weighted by atomic mass is 9.96. The monoisotopic (exact) mass is 268 g/mol. The van der Waals surface area contributed by atoms with Gasteiger partial charge in [-0.25, -0.2) is 0 Å². The van der Waals surface area contributed by atoms with Gasteiger partial charge >= 0.3 is 0 Å². The summed E-state index contributed by atoms with van der Waals surface area (Å²) in [5.74, 6) is 1.01. The summed E-state index contributed by atoms with van der Waals surface area (Å²) in [7, 11) is 3.92. The Bertz CT molecular complexity index is 281. The molecule has 2 aliphatic heterocycles. The Morgan fingerprint density at radius 3 is 2.21 bits per heavy atom. The van der Waals surface area contributed by atoms with Crippen molar-refractivity contribution < 1.29 is 4.79 Å². The largest absolute Gasteiger partial charge is 0.358 e. The normalized spacial score (nSPS) is 24.5. The molecule has 0 aromatic rings. The fourth-order valence-electron chi connectivity index (χ4n) is 3.02. The van der Waals surface area contributed by atoms with Crippen LogP contribution in [0.15, 0.2) is 0 Å². The van der Waals surface area contributed by atoms with Crippen LogP contribution in [-0.4, -0.2) is 87.1 Å². The smallest absolute Gasteiger partial charge is 0.233 e. The van der Waals surface area contributed by atoms with Crippen molar-refractivity contribution in [3.63, 3.8) is 0 Å². The van der Waals surface area contributed by atoms with E-state index in [1.165, 1.54) is 32.5 Å². The van der Waals surface area contributed by atoms with Crippen molar-refractivity contribution >= 4 is 5.91 Å². The van der Waals surface area contributed by atoms with Crippen molar-refractivity contribution in [1.29, 1.82) is 0 Å². The highest BCUT2D eigenvalue weighted by Crippen LogP contribution is 2.18. The molecule has 0 aromatic heterocycles. The molecule has 2 aliphatic rings. The Hall–Kier alpha value is -0.650. The van der Waals surface area contributed by atoms with Crippen LogP contribution in [-0.2, 0) is 4.79 Å². The van der Waals surface area contributed by atoms with Gasteiger partial charge in [0.2, 0.25) is 5.91 Å². The predicted molar refractivity (Wildman–Crippen MR) is 77.2 cm³/mol. The molecular weight excluding hydrogens is 240 g/mol. The molecule has 110 valence electrons. The number of likely N-dealkylation sites (tertiary alicyclic amines) is 1. The molecule has 0 bridgehead atoms. The second-order valence-electron chi connectivity index (χ2n) is 6.00. The van der Waals surface area contributed by atoms with Crippen molar-refractivity contribution in [1.82, 2.24) is 20.0 Å². The molecule has 2 fully saturated rings. The molecule has 2 heterocycles. The molecular formula is C14H28N4O. The summed E-state index contributed by atoms with van der Waals surface area (Å²) in [6.45, 7) is 8.59. The minimum absolute atomic E-state index is 0.128. The van der Waals surface area contributed by atoms with E-state index < -0.39 is 0 Å². The van der Waals surface area contributed by atoms with E-state index in [-0.39, 0.29) is 5.91 Å². The van der Waals surface area contributed by atoms with Crippen LogP contribution < -0.4 is 5.32 Å². The number of carbonyl (C=O) groups is 1. The Morgan fingerprint density at radius 1 is 1.05 bits per heavy atom. The van der Waals surface area contributed by atoms with Crippen LogP contribution in [0.2, 0.25) is 0 Å². The molecule has 0 saturated carbocycles. The van der Waals surface area contributed by atoms with Crippen molar-refractivity contribution in [2.24, 2.45) is 5.92 Å². The number of hydrogen-bond donors (Lipinski definition) is 1. The van der Waals surface area contributed by atoms with Gasteiger partial charge in [-0.2, -0.15) is 0 Å². The average Bonchev–Trinajstić information content (AvgIpc) is 2.43. The van der Waals surface area contributed by atoms with Crippen molar-refractivity contribution in [2.45, 2.75) is 12.8 Å². The number of amides is 1. The number of nitrogens with one attached hydrogen (secondary N) is 1. The van der Waals surface area contributed by atoms with Gasteiger partial charge in [-0.15, -0.1) is 0 Å². The zero-order chi connectivity index (χ0) is 13.7. The summed E-state index contributed by atoms with van der Waals surface area (Å²) in [4.78, 5) is 18.6. The Morgan fingerprint density at radius 2 is 1.63 bits per heavy atom. The summed E-state index contributed by atoms with van der Waals surface area (Å²) >= 11 is 0. The van der Waals surface area contributed by atoms with Gasteiger partial charge in [-0.05, 0) is 38.9 Å². The zero-order valence-corrected chi connectivity index (χ0v) is 12.4. The van der Waals surface area contributed by atoms with E-state index in [2.05, 4.69) is 27.1 Å². The van der Waals surface area contributed by atoms with E-state index in [4.69, 9.17) is 0 Å². The van der Waals surface area contributed by atoms with E-state index in [0.717, 1.165) is 32.1 Å². The number of rotatable bonds is 4. The van der Waals surface area contributed by atoms with Gasteiger partial charge in [0, 0.05) is 39.8 Å². The molecule has 0 radical (unpaired) electrons. The molecule has 1 amide bonds. The van der Waals surface area contributed by atoms with Crippen LogP contribution >= 0.6 is 0 Å². The van der Waals surface area contributed by atoms with Gasteiger partial charge in [-0.1, -0.05) is 0 Å². The second-order valence-corrected chi connectivity index (χ2v) is 6.00. The first-order valence-corrected chi connectivity index (χ1v) is 7.51. The molecule has 19 heavy (non-hydrogen) atoms. The summed E-state index contributed by atoms with van der Waals surface area (Å²) < 4.78 is 0. The maximum Gasteiger partial charge on any atom is 0.233 e. The van der Waals surface area contributed by atoms with Gasteiger partial charge in [-0.3, -0.25) is 9.69 Å². The van der Waals surface area contributed by atoms with E-state index in [0.29, 0.717) is 6.54 Å². The lowest BCUT2D eigenvalue weighted by Gasteiger charge is -2.38. The highest BCUT2D eigenvalue weighted by molar-refractivity contribution is 5.77. The van der Waals surface area contributed by atoms with Gasteiger partial charge in [0.05, 0.1) is 6.54 Å². The first-order chi connectivity index (χ1) is 9.17. The summed E-state index contributed by atoms with van der Waals surface area (Å²) in [5, 5.41) is 2.69. The fraction of sp³-hybridized carbons (Fsp3) is 0.929. The Labute approximate surface area is 116 Å². The Kier molecular flexibility index (Phi) is 5.60. The van der Waals surface area contributed by atoms with E-state index in [1.54, 1.807) is 7.05 Å². The van der Waals surface area contributed by atoms with Crippen molar-refractivity contribution in [3.8, 4) is 0 Å². The van der Waals surface area contributed by atoms with Gasteiger partial charge in [0.25, 0.3) is 0 Å². The van der Waals surface area contributed by atoms with Crippen LogP contribution in [0.5, 0.6) is 0 Å². The van der Waals surface area contributed by atoms with Gasteiger partial charge in [0.1, 0.15) is 0 Å². The fourth-order valence-corrected chi connectivity index (χ4v) is 3.02. The number of piperazine rings is 1. The highest BCUT2D eigenvalue weighted by Gasteiger charge is 2.23. The molecule has 2 saturated heterocycles. The first kappa shape index (κ1) is 14.8. The lowest BCUT2D eigenvalue weighted by Crippen LogP contribution is -2.50. The van der Waals surface area contributed by atoms with E-state index in [9.17, 15) is 4.79 Å². The molecule has 5 heteroatoms. The number of nitrogens with zero attached hydrogens (tertiary/aromatic N) is 3. The van der Waals surface area contributed by atoms with Crippen LogP contribution in [0, 0.1) is 5.92 Å². The average molecular weight is 268 g/mol. The van der Waals surface area contributed by atoms with Crippen LogP contribution in [0.1, 0.15) is 12.8 Å². The van der Waals surface area contributed by atoms with E-state index >= 15 is 0 Å². The second kappa shape index (κ2) is 7.22. The molecule has 5 nitrogen and oxygen atoms in total. The summed E-state index contributed by atoms with van der Waals surface area (Å²) in [6, 6.07) is 0. The maximum absolute atomic E-state index is 11.3. The first-order valence-electron chi connectivity index (χ1n) is 7.51. The minimum atomic E-state index is 0.128. The van der Waals surface area contributed by atoms with Crippen molar-refractivity contribution in [2.75, 3.05) is 66.5 Å². The third-order valence-corrected chi connectivity index (χ3v) is 4.47. The molecule has 0 atom stereocenters. The molecule has 0 unspecified atom stereocenters. The number of carbonyl (C=O) groups excluding carboxylic acids is 1. The third kappa shape index (κ3) is 4.75. The predicted octanol–water partition coefficient (Wildman–Crippen LogP) is -0.308. The van der Waals surface area contributed by atoms with E-state index in [1.807, 2.05) is 0 Å². The third-order valence-electron chi connectivity index (χ3n) is 4.47. The SMILES string of the molecule is CNC(=O)CN1CCN(CC2CCN(C)CC2)CC1. The Balaban J connectivity index is 1.64. The topological polar surface area (TPSA) is 38.8 Å². The molecule has 0 spiro atoms. The zero-order valence-electron chi connectivity index (χ0n) is 12.4. The van der Waals surface area contributed by atoms with Crippen molar-refractivity contribution in [3.05, 3.63) is 0 Å². The molecule has 0 aliphatic carbocycles. The molecule has 0 aromatic carbocycles. The number of likely N-dealkylation sites (N-methyl/N-ethyl adjacent to an activating group) is 1. The van der Waals surface area contributed by atoms with Crippen LogP contribution in [0.3, 0.4) is 0 Å². The summed E-state index contributed by atoms with van der Waals surface area (Å²) in [5.41, 5.74) is 0. The van der Waals surface area contributed by atoms with Crippen LogP contribution in [0.25, 0.3) is 0 Å². The maximum atomic E-state index is 11.3. The molecule has 2 rings (SSSR count). The standard InChI is InChI=1S/C14H28N4O/c1-15-14(19)12-18-9-7-17(8-10-18)11-13-3-5-16(2)6-4-13/h13H,3-12H2,1-2H3,(H,15,19). The van der Waals surface area contributed by atoms with Gasteiger partial charge < -0.3 is 15.1 Å². The molecule has 1 N–H and O–H groups in total. The highest BCUT2D eigenvalue weighted by atomic mass is 16.1. The number of piperidine rings is 1. The quantitative estimate of drug-likeness (QED) is 0.759. The minimum Gasteiger partial charge on any atom is -0.358 e. The van der Waals surface area contributed by atoms with Gasteiger partial charge in [0.15, 0.2) is 0 Å². The van der Waals surface area contributed by atoms with Crippen LogP contribution in [0.4, 0.5) is 0 Å². The summed E-state index contributed by atoms with van der Waals surface area (Å²) in [6.07, 6.45) is 2.68. The lowest BCUT2D eigenvalue weighted by molar-refractivity contribution is -0.122.